The SMILES string of the molecule is CC(C)(C)SCC(=O)N1CCC(NS(=O)(=O)c2ccccc2)CC1. The number of hydrogen-bond acceptors (Lipinski definition) is 4. The topological polar surface area (TPSA) is 66.5 Å². The van der Waals surface area contributed by atoms with Gasteiger partial charge < -0.3 is 4.90 Å². The lowest BCUT2D eigenvalue weighted by Crippen LogP contribution is -2.47. The summed E-state index contributed by atoms with van der Waals surface area (Å²) in [6.07, 6.45) is 1.30. The normalized spacial score (nSPS) is 17.0. The van der Waals surface area contributed by atoms with E-state index in [4.69, 9.17) is 0 Å². The molecule has 0 atom stereocenters. The van der Waals surface area contributed by atoms with Gasteiger partial charge in [0.05, 0.1) is 10.6 Å². The van der Waals surface area contributed by atoms with Crippen molar-refractivity contribution in [2.75, 3.05) is 18.8 Å². The van der Waals surface area contributed by atoms with Gasteiger partial charge in [0.25, 0.3) is 0 Å². The molecular formula is C17H26N2O3S2. The second-order valence-corrected chi connectivity index (χ2v) is 10.5. The van der Waals surface area contributed by atoms with Gasteiger partial charge in [-0.2, -0.15) is 0 Å². The molecule has 1 heterocycles. The number of amides is 1. The van der Waals surface area contributed by atoms with Gasteiger partial charge in [-0.15, -0.1) is 11.8 Å². The Hall–Kier alpha value is -1.05. The molecule has 1 aliphatic heterocycles. The van der Waals surface area contributed by atoms with E-state index in [2.05, 4.69) is 25.5 Å². The molecule has 24 heavy (non-hydrogen) atoms. The number of thioether (sulfide) groups is 1. The van der Waals surface area contributed by atoms with Gasteiger partial charge in [-0.25, -0.2) is 13.1 Å². The smallest absolute Gasteiger partial charge is 0.240 e. The fourth-order valence-corrected chi connectivity index (χ4v) is 4.57. The van der Waals surface area contributed by atoms with Crippen molar-refractivity contribution < 1.29 is 13.2 Å². The van der Waals surface area contributed by atoms with Crippen molar-refractivity contribution in [2.45, 2.75) is 49.3 Å². The summed E-state index contributed by atoms with van der Waals surface area (Å²) in [7, 11) is -3.48. The quantitative estimate of drug-likeness (QED) is 0.865. The Morgan fingerprint density at radius 2 is 1.79 bits per heavy atom. The lowest BCUT2D eigenvalue weighted by Gasteiger charge is -2.32. The number of sulfonamides is 1. The average molecular weight is 371 g/mol. The van der Waals surface area contributed by atoms with E-state index >= 15 is 0 Å². The first-order valence-corrected chi connectivity index (χ1v) is 10.6. The summed E-state index contributed by atoms with van der Waals surface area (Å²) in [5.41, 5.74) is 0. The number of piperidine rings is 1. The molecular weight excluding hydrogens is 344 g/mol. The van der Waals surface area contributed by atoms with Crippen LogP contribution in [-0.4, -0.2) is 48.9 Å². The van der Waals surface area contributed by atoms with Crippen LogP contribution < -0.4 is 4.72 Å². The first kappa shape index (κ1) is 19.3. The predicted octanol–water partition coefficient (Wildman–Crippen LogP) is 2.49. The van der Waals surface area contributed by atoms with Gasteiger partial charge in [-0.05, 0) is 25.0 Å². The maximum atomic E-state index is 12.3. The number of nitrogens with zero attached hydrogens (tertiary/aromatic N) is 1. The summed E-state index contributed by atoms with van der Waals surface area (Å²) in [6.45, 7) is 7.48. The van der Waals surface area contributed by atoms with Crippen LogP contribution in [0.15, 0.2) is 35.2 Å². The van der Waals surface area contributed by atoms with Crippen molar-refractivity contribution in [1.82, 2.24) is 9.62 Å². The van der Waals surface area contributed by atoms with E-state index in [0.717, 1.165) is 0 Å². The van der Waals surface area contributed by atoms with Crippen molar-refractivity contribution in [3.8, 4) is 0 Å². The van der Waals surface area contributed by atoms with Crippen LogP contribution in [0.1, 0.15) is 33.6 Å². The largest absolute Gasteiger partial charge is 0.342 e. The Kier molecular flexibility index (Phi) is 6.33. The second kappa shape index (κ2) is 7.89. The predicted molar refractivity (Wildman–Crippen MR) is 98.6 cm³/mol. The number of benzene rings is 1. The Morgan fingerprint density at radius 1 is 1.21 bits per heavy atom. The number of likely N-dealkylation sites (tertiary alicyclic amines) is 1. The van der Waals surface area contributed by atoms with Crippen molar-refractivity contribution >= 4 is 27.7 Å². The summed E-state index contributed by atoms with van der Waals surface area (Å²) in [5, 5.41) is 0. The van der Waals surface area contributed by atoms with E-state index < -0.39 is 10.0 Å². The number of nitrogens with one attached hydrogen (secondary N) is 1. The lowest BCUT2D eigenvalue weighted by molar-refractivity contribution is -0.129. The maximum absolute atomic E-state index is 12.3. The zero-order valence-corrected chi connectivity index (χ0v) is 16.1. The third-order valence-corrected chi connectivity index (χ3v) is 6.65. The zero-order valence-electron chi connectivity index (χ0n) is 14.5. The first-order valence-electron chi connectivity index (χ1n) is 8.16. The Labute approximate surface area is 149 Å². The van der Waals surface area contributed by atoms with Crippen LogP contribution in [0.25, 0.3) is 0 Å². The van der Waals surface area contributed by atoms with Crippen LogP contribution in [0.5, 0.6) is 0 Å². The molecule has 1 aromatic carbocycles. The van der Waals surface area contributed by atoms with Crippen LogP contribution in [0.4, 0.5) is 0 Å². The summed E-state index contributed by atoms with van der Waals surface area (Å²) >= 11 is 1.64. The molecule has 0 aromatic heterocycles. The molecule has 1 aliphatic rings. The highest BCUT2D eigenvalue weighted by molar-refractivity contribution is 8.01. The highest BCUT2D eigenvalue weighted by Gasteiger charge is 2.27. The van der Waals surface area contributed by atoms with Crippen molar-refractivity contribution in [1.29, 1.82) is 0 Å². The Bertz CT molecular complexity index is 646. The van der Waals surface area contributed by atoms with E-state index in [1.807, 2.05) is 4.90 Å². The van der Waals surface area contributed by atoms with Crippen LogP contribution in [0.2, 0.25) is 0 Å². The van der Waals surface area contributed by atoms with Gasteiger partial charge in [0.2, 0.25) is 15.9 Å². The summed E-state index contributed by atoms with van der Waals surface area (Å²) in [4.78, 5) is 14.3. The molecule has 7 heteroatoms. The lowest BCUT2D eigenvalue weighted by atomic mass is 10.1. The maximum Gasteiger partial charge on any atom is 0.240 e. The van der Waals surface area contributed by atoms with Crippen LogP contribution in [-0.2, 0) is 14.8 Å². The molecule has 0 aliphatic carbocycles. The van der Waals surface area contributed by atoms with Crippen molar-refractivity contribution in [3.05, 3.63) is 30.3 Å². The van der Waals surface area contributed by atoms with Gasteiger partial charge in [0.1, 0.15) is 0 Å². The zero-order chi connectivity index (χ0) is 17.8. The fraction of sp³-hybridized carbons (Fsp3) is 0.588. The van der Waals surface area contributed by atoms with E-state index in [-0.39, 0.29) is 21.6 Å². The number of carbonyl (C=O) groups is 1. The van der Waals surface area contributed by atoms with Crippen molar-refractivity contribution in [3.63, 3.8) is 0 Å². The molecule has 0 spiro atoms. The van der Waals surface area contributed by atoms with Gasteiger partial charge in [-0.3, -0.25) is 4.79 Å². The van der Waals surface area contributed by atoms with E-state index in [0.29, 0.717) is 31.7 Å². The average Bonchev–Trinajstić information content (AvgIpc) is 2.53. The van der Waals surface area contributed by atoms with Gasteiger partial charge >= 0.3 is 0 Å². The summed E-state index contributed by atoms with van der Waals surface area (Å²) in [6, 6.07) is 8.27. The van der Waals surface area contributed by atoms with Crippen LogP contribution >= 0.6 is 11.8 Å². The molecule has 1 N–H and O–H groups in total. The number of rotatable bonds is 5. The third-order valence-electron chi connectivity index (χ3n) is 3.85. The molecule has 1 saturated heterocycles. The Balaban J connectivity index is 1.84. The Morgan fingerprint density at radius 3 is 2.33 bits per heavy atom. The standard InChI is InChI=1S/C17H26N2O3S2/c1-17(2,3)23-13-16(20)19-11-9-14(10-12-19)18-24(21,22)15-7-5-4-6-8-15/h4-8,14,18H,9-13H2,1-3H3. The molecule has 0 saturated carbocycles. The third kappa shape index (κ3) is 5.79. The molecule has 134 valence electrons. The molecule has 0 radical (unpaired) electrons. The van der Waals surface area contributed by atoms with Gasteiger partial charge in [-0.1, -0.05) is 39.0 Å². The number of carbonyl (C=O) groups excluding carboxylic acids is 1. The molecule has 1 aromatic rings. The van der Waals surface area contributed by atoms with E-state index in [1.165, 1.54) is 0 Å². The fourth-order valence-electron chi connectivity index (χ4n) is 2.50. The molecule has 1 amide bonds. The monoisotopic (exact) mass is 370 g/mol. The highest BCUT2D eigenvalue weighted by atomic mass is 32.2. The molecule has 1 fully saturated rings. The van der Waals surface area contributed by atoms with Gasteiger partial charge in [0.15, 0.2) is 0 Å². The molecule has 0 unspecified atom stereocenters. The first-order chi connectivity index (χ1) is 11.2. The minimum absolute atomic E-state index is 0.0687. The number of hydrogen-bond donors (Lipinski definition) is 1. The second-order valence-electron chi connectivity index (χ2n) is 6.99. The van der Waals surface area contributed by atoms with E-state index in [1.54, 1.807) is 42.1 Å². The summed E-state index contributed by atoms with van der Waals surface area (Å²) < 4.78 is 27.5. The van der Waals surface area contributed by atoms with E-state index in [9.17, 15) is 13.2 Å². The minimum atomic E-state index is -3.48. The van der Waals surface area contributed by atoms with Gasteiger partial charge in [0, 0.05) is 23.9 Å². The molecule has 2 rings (SSSR count). The minimum Gasteiger partial charge on any atom is -0.342 e. The van der Waals surface area contributed by atoms with Crippen LogP contribution in [0.3, 0.4) is 0 Å². The van der Waals surface area contributed by atoms with Crippen LogP contribution in [0, 0.1) is 0 Å². The highest BCUT2D eigenvalue weighted by Crippen LogP contribution is 2.24. The molecule has 0 bridgehead atoms. The summed E-state index contributed by atoms with van der Waals surface area (Å²) in [5.74, 6) is 0.614. The molecule has 5 nitrogen and oxygen atoms in total. The van der Waals surface area contributed by atoms with Crippen molar-refractivity contribution in [2.24, 2.45) is 0 Å².